The molecule has 1 aliphatic rings. The zero-order chi connectivity index (χ0) is 24.5. The number of carbonyl (C=O) groups excluding carboxylic acids is 1. The van der Waals surface area contributed by atoms with E-state index in [4.69, 9.17) is 16.3 Å². The van der Waals surface area contributed by atoms with Crippen LogP contribution in [0, 0.1) is 11.6 Å². The highest BCUT2D eigenvalue weighted by Gasteiger charge is 2.25. The van der Waals surface area contributed by atoms with Crippen LogP contribution < -0.4 is 5.32 Å². The van der Waals surface area contributed by atoms with Crippen molar-refractivity contribution in [1.82, 2.24) is 15.0 Å². The number of carbonyl (C=O) groups is 1. The Morgan fingerprint density at radius 2 is 1.97 bits per heavy atom. The number of nitrogens with one attached hydrogen (secondary N) is 1. The molecule has 1 aliphatic heterocycles. The first-order valence-corrected chi connectivity index (χ1v) is 11.7. The zero-order valence-corrected chi connectivity index (χ0v) is 19.8. The van der Waals surface area contributed by atoms with Crippen molar-refractivity contribution in [3.05, 3.63) is 87.0 Å². The van der Waals surface area contributed by atoms with E-state index in [0.29, 0.717) is 32.5 Å². The second-order valence-electron chi connectivity index (χ2n) is 7.40. The highest BCUT2D eigenvalue weighted by atomic mass is 35.5. The molecule has 0 aliphatic carbocycles. The molecule has 35 heavy (non-hydrogen) atoms. The molecule has 0 bridgehead atoms. The second kappa shape index (κ2) is 9.47. The smallest absolute Gasteiger partial charge is 0.357 e. The molecular weight excluding hydrogens is 496 g/mol. The Balaban J connectivity index is 1.55. The molecule has 0 spiro atoms. The summed E-state index contributed by atoms with van der Waals surface area (Å²) in [5.74, 6) is -1.74. The number of anilines is 2. The number of fused-ring (bicyclic) bond motifs is 3. The third-order valence-corrected chi connectivity index (χ3v) is 6.16. The van der Waals surface area contributed by atoms with E-state index in [1.807, 2.05) is 0 Å². The summed E-state index contributed by atoms with van der Waals surface area (Å²) in [6.45, 7) is 2.07. The second-order valence-corrected chi connectivity index (χ2v) is 8.70. The van der Waals surface area contributed by atoms with Crippen molar-refractivity contribution in [2.24, 2.45) is 4.99 Å². The summed E-state index contributed by atoms with van der Waals surface area (Å²) in [7, 11) is 0. The summed E-state index contributed by atoms with van der Waals surface area (Å²) >= 11 is 7.45. The first kappa shape index (κ1) is 23.0. The van der Waals surface area contributed by atoms with Gasteiger partial charge < -0.3 is 10.1 Å². The Labute approximate surface area is 207 Å². The van der Waals surface area contributed by atoms with Crippen LogP contribution in [0.1, 0.15) is 34.1 Å². The van der Waals surface area contributed by atoms with Gasteiger partial charge >= 0.3 is 5.97 Å². The highest BCUT2D eigenvalue weighted by Crippen LogP contribution is 2.35. The largest absolute Gasteiger partial charge is 0.461 e. The summed E-state index contributed by atoms with van der Waals surface area (Å²) in [5.41, 5.74) is 2.33. The van der Waals surface area contributed by atoms with Gasteiger partial charge in [0.05, 0.1) is 30.1 Å². The summed E-state index contributed by atoms with van der Waals surface area (Å²) in [6, 6.07) is 8.68. The van der Waals surface area contributed by atoms with E-state index < -0.39 is 17.6 Å². The van der Waals surface area contributed by atoms with Gasteiger partial charge in [-0.25, -0.2) is 28.5 Å². The first-order valence-electron chi connectivity index (χ1n) is 10.5. The van der Waals surface area contributed by atoms with Crippen molar-refractivity contribution in [2.45, 2.75) is 13.5 Å². The number of hydrogen-bond acceptors (Lipinski definition) is 8. The van der Waals surface area contributed by atoms with E-state index in [2.05, 4.69) is 25.3 Å². The van der Waals surface area contributed by atoms with Crippen molar-refractivity contribution in [3.8, 4) is 11.3 Å². The van der Waals surface area contributed by atoms with Crippen LogP contribution in [0.25, 0.3) is 11.3 Å². The van der Waals surface area contributed by atoms with Gasteiger partial charge in [0.1, 0.15) is 11.6 Å². The maximum atomic E-state index is 14.7. The predicted octanol–water partition coefficient (Wildman–Crippen LogP) is 5.80. The number of thiazole rings is 1. The summed E-state index contributed by atoms with van der Waals surface area (Å²) < 4.78 is 34.3. The predicted molar refractivity (Wildman–Crippen MR) is 130 cm³/mol. The number of ether oxygens (including phenoxy) is 1. The Kier molecular flexibility index (Phi) is 6.23. The Morgan fingerprint density at radius 1 is 1.17 bits per heavy atom. The number of rotatable bonds is 5. The van der Waals surface area contributed by atoms with E-state index in [1.54, 1.807) is 36.7 Å². The monoisotopic (exact) mass is 511 g/mol. The van der Waals surface area contributed by atoms with Crippen molar-refractivity contribution in [2.75, 3.05) is 11.9 Å². The van der Waals surface area contributed by atoms with Gasteiger partial charge in [-0.2, -0.15) is 0 Å². The van der Waals surface area contributed by atoms with Crippen LogP contribution in [0.2, 0.25) is 5.02 Å². The van der Waals surface area contributed by atoms with Crippen LogP contribution >= 0.6 is 22.9 Å². The summed E-state index contributed by atoms with van der Waals surface area (Å²) in [5, 5.41) is 5.36. The fraction of sp³-hybridized carbons (Fsp3) is 0.125. The SMILES string of the molecule is CCOC(=O)c1csc(Nc2ncc3c(n2)-c2ccc(Cl)cc2C(c2c(F)cccc2F)=NC3)n1. The van der Waals surface area contributed by atoms with E-state index in [0.717, 1.165) is 0 Å². The lowest BCUT2D eigenvalue weighted by Crippen LogP contribution is -2.10. The topological polar surface area (TPSA) is 89.4 Å². The molecule has 5 rings (SSSR count). The number of hydrogen-bond donors (Lipinski definition) is 1. The van der Waals surface area contributed by atoms with Crippen molar-refractivity contribution >= 4 is 45.7 Å². The molecule has 2 aromatic heterocycles. The van der Waals surface area contributed by atoms with Gasteiger partial charge in [-0.05, 0) is 31.2 Å². The number of nitrogens with zero attached hydrogens (tertiary/aromatic N) is 4. The molecule has 0 fully saturated rings. The molecule has 1 N–H and O–H groups in total. The van der Waals surface area contributed by atoms with Crippen LogP contribution in [0.15, 0.2) is 53.0 Å². The Bertz CT molecular complexity index is 1470. The van der Waals surface area contributed by atoms with Gasteiger partial charge in [-0.1, -0.05) is 23.7 Å². The normalized spacial score (nSPS) is 12.3. The van der Waals surface area contributed by atoms with Crippen molar-refractivity contribution < 1.29 is 18.3 Å². The first-order chi connectivity index (χ1) is 16.9. The molecule has 4 aromatic rings. The van der Waals surface area contributed by atoms with Crippen LogP contribution in [0.4, 0.5) is 19.9 Å². The molecule has 0 atom stereocenters. The van der Waals surface area contributed by atoms with Crippen LogP contribution in [-0.4, -0.2) is 33.2 Å². The lowest BCUT2D eigenvalue weighted by atomic mass is 9.95. The molecule has 0 unspecified atom stereocenters. The van der Waals surface area contributed by atoms with E-state index in [1.165, 1.54) is 29.5 Å². The minimum Gasteiger partial charge on any atom is -0.461 e. The van der Waals surface area contributed by atoms with E-state index in [9.17, 15) is 13.6 Å². The van der Waals surface area contributed by atoms with E-state index in [-0.39, 0.29) is 36.1 Å². The maximum Gasteiger partial charge on any atom is 0.357 e. The van der Waals surface area contributed by atoms with Gasteiger partial charge in [0.2, 0.25) is 5.95 Å². The number of aromatic nitrogens is 3. The van der Waals surface area contributed by atoms with Gasteiger partial charge in [-0.15, -0.1) is 11.3 Å². The third kappa shape index (κ3) is 4.50. The van der Waals surface area contributed by atoms with Crippen molar-refractivity contribution in [3.63, 3.8) is 0 Å². The van der Waals surface area contributed by atoms with Crippen LogP contribution in [0.5, 0.6) is 0 Å². The molecule has 0 amide bonds. The molecule has 0 saturated heterocycles. The Morgan fingerprint density at radius 3 is 2.74 bits per heavy atom. The number of halogens is 3. The molecule has 0 radical (unpaired) electrons. The quantitative estimate of drug-likeness (QED) is 0.340. The molecular formula is C24H16ClF2N5O2S. The third-order valence-electron chi connectivity index (χ3n) is 5.17. The molecule has 11 heteroatoms. The average molecular weight is 512 g/mol. The van der Waals surface area contributed by atoms with Gasteiger partial charge in [-0.3, -0.25) is 4.99 Å². The number of benzene rings is 2. The molecule has 7 nitrogen and oxygen atoms in total. The lowest BCUT2D eigenvalue weighted by molar-refractivity contribution is 0.0520. The van der Waals surface area contributed by atoms with Gasteiger partial charge in [0, 0.05) is 33.3 Å². The van der Waals surface area contributed by atoms with Crippen LogP contribution in [-0.2, 0) is 11.3 Å². The zero-order valence-electron chi connectivity index (χ0n) is 18.2. The Hall–Kier alpha value is -3.76. The highest BCUT2D eigenvalue weighted by molar-refractivity contribution is 7.14. The molecule has 0 saturated carbocycles. The van der Waals surface area contributed by atoms with Gasteiger partial charge in [0.25, 0.3) is 0 Å². The van der Waals surface area contributed by atoms with Crippen LogP contribution in [0.3, 0.4) is 0 Å². The average Bonchev–Trinajstić information content (AvgIpc) is 3.24. The lowest BCUT2D eigenvalue weighted by Gasteiger charge is -2.13. The minimum atomic E-state index is -0.727. The number of aliphatic imine (C=N–C) groups is 1. The standard InChI is InChI=1S/C24H16ClF2N5O2S/c1-2-34-22(33)18-11-35-24(30-18)32-23-29-10-12-9-28-21(19-16(26)4-3-5-17(19)27)15-8-13(25)6-7-14(15)20(12)31-23/h3-8,10-11H,2,9H2,1H3,(H,29,30,31,32). The summed E-state index contributed by atoms with van der Waals surface area (Å²) in [6.07, 6.45) is 1.59. The molecule has 3 heterocycles. The molecule has 2 aromatic carbocycles. The fourth-order valence-electron chi connectivity index (χ4n) is 3.65. The van der Waals surface area contributed by atoms with E-state index >= 15 is 0 Å². The van der Waals surface area contributed by atoms with Crippen molar-refractivity contribution in [1.29, 1.82) is 0 Å². The minimum absolute atomic E-state index is 0.106. The number of esters is 1. The van der Waals surface area contributed by atoms with Gasteiger partial charge in [0.15, 0.2) is 10.8 Å². The molecule has 176 valence electrons. The summed E-state index contributed by atoms with van der Waals surface area (Å²) in [4.78, 5) is 29.6. The fourth-order valence-corrected chi connectivity index (χ4v) is 4.49. The maximum absolute atomic E-state index is 14.7.